The maximum Gasteiger partial charge on any atom is 0.270 e. The van der Waals surface area contributed by atoms with Gasteiger partial charge < -0.3 is 20.3 Å². The molecule has 0 spiro atoms. The Morgan fingerprint density at radius 2 is 1.62 bits per heavy atom. The van der Waals surface area contributed by atoms with Crippen LogP contribution >= 0.6 is 11.6 Å². The van der Waals surface area contributed by atoms with E-state index in [-0.39, 0.29) is 18.3 Å². The van der Waals surface area contributed by atoms with Crippen LogP contribution in [0.1, 0.15) is 5.69 Å². The molecule has 1 aliphatic rings. The third-order valence-electron chi connectivity index (χ3n) is 5.51. The summed E-state index contributed by atoms with van der Waals surface area (Å²) < 4.78 is 19.5. The number of halogens is 2. The van der Waals surface area contributed by atoms with Crippen molar-refractivity contribution < 1.29 is 9.13 Å². The molecular formula is C26H24ClFN8O. The fourth-order valence-electron chi connectivity index (χ4n) is 3.73. The third-order valence-corrected chi connectivity index (χ3v) is 5.74. The first-order chi connectivity index (χ1) is 18.1. The SMILES string of the molecule is Fc1cnc(N=NCc2ccc(Nc3cccc(Nc4cccc(Cl)c4)c3)cn2)nc1N1CCOCC1. The molecule has 11 heteroatoms. The molecule has 188 valence electrons. The van der Waals surface area contributed by atoms with Gasteiger partial charge in [-0.25, -0.2) is 9.37 Å². The summed E-state index contributed by atoms with van der Waals surface area (Å²) in [5.74, 6) is -0.170. The van der Waals surface area contributed by atoms with Crippen LogP contribution in [0.25, 0.3) is 0 Å². The molecule has 2 aromatic heterocycles. The third kappa shape index (κ3) is 6.75. The molecule has 0 bridgehead atoms. The highest BCUT2D eigenvalue weighted by Gasteiger charge is 2.17. The first-order valence-electron chi connectivity index (χ1n) is 11.7. The van der Waals surface area contributed by atoms with Gasteiger partial charge in [-0.2, -0.15) is 10.1 Å². The van der Waals surface area contributed by atoms with Gasteiger partial charge >= 0.3 is 0 Å². The zero-order chi connectivity index (χ0) is 25.5. The van der Waals surface area contributed by atoms with Gasteiger partial charge in [-0.05, 0) is 48.5 Å². The second kappa shape index (κ2) is 11.7. The average molecular weight is 519 g/mol. The van der Waals surface area contributed by atoms with Crippen molar-refractivity contribution in [1.29, 1.82) is 0 Å². The van der Waals surface area contributed by atoms with E-state index in [9.17, 15) is 4.39 Å². The summed E-state index contributed by atoms with van der Waals surface area (Å²) in [4.78, 5) is 14.4. The number of rotatable bonds is 8. The van der Waals surface area contributed by atoms with Gasteiger partial charge in [0.1, 0.15) is 6.54 Å². The number of ether oxygens (including phenoxy) is 1. The van der Waals surface area contributed by atoms with Gasteiger partial charge in [0.05, 0.1) is 37.0 Å². The molecule has 0 amide bonds. The predicted octanol–water partition coefficient (Wildman–Crippen LogP) is 6.27. The highest BCUT2D eigenvalue weighted by atomic mass is 35.5. The number of azo groups is 1. The Labute approximate surface area is 218 Å². The number of pyridine rings is 1. The summed E-state index contributed by atoms with van der Waals surface area (Å²) in [7, 11) is 0. The molecule has 0 saturated carbocycles. The van der Waals surface area contributed by atoms with Gasteiger partial charge in [-0.15, -0.1) is 5.11 Å². The van der Waals surface area contributed by atoms with E-state index in [1.807, 2.05) is 65.6 Å². The van der Waals surface area contributed by atoms with E-state index >= 15 is 0 Å². The lowest BCUT2D eigenvalue weighted by Crippen LogP contribution is -2.37. The van der Waals surface area contributed by atoms with Crippen LogP contribution in [-0.4, -0.2) is 41.3 Å². The number of hydrogen-bond acceptors (Lipinski definition) is 9. The van der Waals surface area contributed by atoms with Crippen LogP contribution in [0.5, 0.6) is 0 Å². The van der Waals surface area contributed by atoms with Gasteiger partial charge in [0, 0.05) is 35.2 Å². The fraction of sp³-hybridized carbons (Fsp3) is 0.192. The predicted molar refractivity (Wildman–Crippen MR) is 142 cm³/mol. The molecular weight excluding hydrogens is 495 g/mol. The van der Waals surface area contributed by atoms with E-state index in [2.05, 4.69) is 35.8 Å². The minimum atomic E-state index is -0.489. The first-order valence-corrected chi connectivity index (χ1v) is 12.1. The van der Waals surface area contributed by atoms with E-state index < -0.39 is 5.82 Å². The second-order valence-electron chi connectivity index (χ2n) is 8.22. The minimum Gasteiger partial charge on any atom is -0.378 e. The van der Waals surface area contributed by atoms with Gasteiger partial charge in [0.15, 0.2) is 11.6 Å². The molecule has 9 nitrogen and oxygen atoms in total. The van der Waals surface area contributed by atoms with Gasteiger partial charge in [0.25, 0.3) is 5.95 Å². The van der Waals surface area contributed by atoms with Gasteiger partial charge in [-0.1, -0.05) is 23.7 Å². The lowest BCUT2D eigenvalue weighted by Gasteiger charge is -2.27. The van der Waals surface area contributed by atoms with Crippen molar-refractivity contribution >= 4 is 46.1 Å². The molecule has 5 rings (SSSR count). The Balaban J connectivity index is 1.18. The van der Waals surface area contributed by atoms with E-state index in [4.69, 9.17) is 16.3 Å². The van der Waals surface area contributed by atoms with Crippen LogP contribution in [0.4, 0.5) is 38.9 Å². The summed E-state index contributed by atoms with van der Waals surface area (Å²) in [6.45, 7) is 2.44. The molecule has 4 aromatic rings. The smallest absolute Gasteiger partial charge is 0.270 e. The molecule has 0 aliphatic carbocycles. The summed E-state index contributed by atoms with van der Waals surface area (Å²) in [6, 6.07) is 19.2. The summed E-state index contributed by atoms with van der Waals surface area (Å²) in [6.07, 6.45) is 2.84. The van der Waals surface area contributed by atoms with Crippen LogP contribution in [0, 0.1) is 5.82 Å². The lowest BCUT2D eigenvalue weighted by atomic mass is 10.2. The van der Waals surface area contributed by atoms with Crippen molar-refractivity contribution in [2.45, 2.75) is 6.54 Å². The number of nitrogens with one attached hydrogen (secondary N) is 2. The fourth-order valence-corrected chi connectivity index (χ4v) is 3.92. The van der Waals surface area contributed by atoms with E-state index in [0.29, 0.717) is 31.3 Å². The van der Waals surface area contributed by atoms with E-state index in [0.717, 1.165) is 34.6 Å². The molecule has 2 aromatic carbocycles. The summed E-state index contributed by atoms with van der Waals surface area (Å²) in [5, 5.41) is 15.5. The zero-order valence-corrected chi connectivity index (χ0v) is 20.6. The number of morpholine rings is 1. The molecule has 0 atom stereocenters. The van der Waals surface area contributed by atoms with Crippen molar-refractivity contribution in [3.63, 3.8) is 0 Å². The van der Waals surface area contributed by atoms with Gasteiger partial charge in [-0.3, -0.25) is 4.98 Å². The monoisotopic (exact) mass is 518 g/mol. The maximum absolute atomic E-state index is 14.2. The number of nitrogens with zero attached hydrogens (tertiary/aromatic N) is 6. The zero-order valence-electron chi connectivity index (χ0n) is 19.8. The quantitative estimate of drug-likeness (QED) is 0.265. The Kier molecular flexibility index (Phi) is 7.78. The molecule has 1 aliphatic heterocycles. The van der Waals surface area contributed by atoms with Crippen LogP contribution in [0.2, 0.25) is 5.02 Å². The Morgan fingerprint density at radius 3 is 2.35 bits per heavy atom. The topological polar surface area (TPSA) is 99.9 Å². The van der Waals surface area contributed by atoms with Gasteiger partial charge in [0.2, 0.25) is 0 Å². The number of aromatic nitrogens is 3. The van der Waals surface area contributed by atoms with Crippen molar-refractivity contribution in [3.8, 4) is 0 Å². The van der Waals surface area contributed by atoms with Crippen molar-refractivity contribution in [2.24, 2.45) is 10.2 Å². The van der Waals surface area contributed by atoms with Crippen LogP contribution < -0.4 is 15.5 Å². The minimum absolute atomic E-state index is 0.104. The first kappa shape index (κ1) is 24.5. The largest absolute Gasteiger partial charge is 0.378 e. The van der Waals surface area contributed by atoms with Crippen molar-refractivity contribution in [3.05, 3.63) is 89.6 Å². The number of hydrogen-bond donors (Lipinski definition) is 2. The Hall–Kier alpha value is -4.15. The maximum atomic E-state index is 14.2. The summed E-state index contributed by atoms with van der Waals surface area (Å²) in [5.41, 5.74) is 4.30. The molecule has 0 unspecified atom stereocenters. The number of benzene rings is 2. The lowest BCUT2D eigenvalue weighted by molar-refractivity contribution is 0.122. The molecule has 1 saturated heterocycles. The number of anilines is 5. The van der Waals surface area contributed by atoms with Crippen LogP contribution in [0.3, 0.4) is 0 Å². The molecule has 3 heterocycles. The highest BCUT2D eigenvalue weighted by molar-refractivity contribution is 6.30. The van der Waals surface area contributed by atoms with Crippen molar-refractivity contribution in [1.82, 2.24) is 15.0 Å². The molecule has 37 heavy (non-hydrogen) atoms. The van der Waals surface area contributed by atoms with E-state index in [1.165, 1.54) is 0 Å². The highest BCUT2D eigenvalue weighted by Crippen LogP contribution is 2.24. The Bertz CT molecular complexity index is 1380. The van der Waals surface area contributed by atoms with E-state index in [1.54, 1.807) is 6.20 Å². The molecule has 1 fully saturated rings. The van der Waals surface area contributed by atoms with Crippen LogP contribution in [-0.2, 0) is 11.3 Å². The standard InChI is InChI=1S/C26H24ClFN8O/c27-18-3-1-4-19(13-18)32-20-5-2-6-21(14-20)33-23-8-7-22(29-15-23)16-31-35-26-30-17-24(28)25(34-26)36-9-11-37-12-10-36/h1-8,13-15,17,32-33H,9-12,16H2. The second-order valence-corrected chi connectivity index (χ2v) is 8.66. The molecule has 0 radical (unpaired) electrons. The Morgan fingerprint density at radius 1 is 0.892 bits per heavy atom. The summed E-state index contributed by atoms with van der Waals surface area (Å²) >= 11 is 6.07. The van der Waals surface area contributed by atoms with Crippen LogP contribution in [0.15, 0.2) is 83.3 Å². The molecule has 2 N–H and O–H groups in total. The van der Waals surface area contributed by atoms with Crippen molar-refractivity contribution in [2.75, 3.05) is 41.8 Å². The average Bonchev–Trinajstić information content (AvgIpc) is 2.91. The normalized spacial score (nSPS) is 13.6.